The number of hydrogen-bond donors (Lipinski definition) is 1. The summed E-state index contributed by atoms with van der Waals surface area (Å²) in [6, 6.07) is 9.14. The predicted octanol–water partition coefficient (Wildman–Crippen LogP) is 4.28. The summed E-state index contributed by atoms with van der Waals surface area (Å²) in [4.78, 5) is 20.0. The molecular formula is C33H36F3N3O3. The van der Waals surface area contributed by atoms with Gasteiger partial charge in [0, 0.05) is 48.1 Å². The second kappa shape index (κ2) is 9.65. The average Bonchev–Trinajstić information content (AvgIpc) is 3.65. The lowest BCUT2D eigenvalue weighted by Crippen LogP contribution is -2.69. The van der Waals surface area contributed by atoms with E-state index >= 15 is 0 Å². The first-order valence-corrected chi connectivity index (χ1v) is 14.9. The number of amides is 1. The first-order valence-electron chi connectivity index (χ1n) is 14.9. The quantitative estimate of drug-likeness (QED) is 0.549. The number of halogens is 3. The van der Waals surface area contributed by atoms with Gasteiger partial charge in [-0.3, -0.25) is 9.69 Å². The van der Waals surface area contributed by atoms with Crippen LogP contribution in [0.1, 0.15) is 47.9 Å². The molecule has 3 fully saturated rings. The highest BCUT2D eigenvalue weighted by Gasteiger charge is 2.66. The van der Waals surface area contributed by atoms with Gasteiger partial charge in [0.1, 0.15) is 6.10 Å². The number of likely N-dealkylation sites (N-methyl/N-ethyl adjacent to an activating group) is 1. The number of aromatic hydroxyl groups is 1. The first-order chi connectivity index (χ1) is 20.0. The molecule has 1 spiro atoms. The van der Waals surface area contributed by atoms with Crippen molar-refractivity contribution in [3.05, 3.63) is 58.7 Å². The van der Waals surface area contributed by atoms with Crippen molar-refractivity contribution in [2.75, 3.05) is 34.2 Å². The number of phenolic OH excluding ortho intramolecular Hbond substituents is 1. The van der Waals surface area contributed by atoms with Gasteiger partial charge < -0.3 is 19.6 Å². The molecule has 1 amide bonds. The minimum Gasteiger partial charge on any atom is -0.504 e. The van der Waals surface area contributed by atoms with Crippen molar-refractivity contribution in [2.45, 2.75) is 67.9 Å². The molecule has 2 aliphatic heterocycles. The fourth-order valence-corrected chi connectivity index (χ4v) is 8.69. The third kappa shape index (κ3) is 4.21. The molecule has 6 nitrogen and oxygen atoms in total. The topological polar surface area (TPSA) is 56.2 Å². The first kappa shape index (κ1) is 27.6. The number of piperidine rings is 1. The summed E-state index contributed by atoms with van der Waals surface area (Å²) < 4.78 is 45.4. The van der Waals surface area contributed by atoms with Crippen LogP contribution in [0.4, 0.5) is 13.2 Å². The predicted molar refractivity (Wildman–Crippen MR) is 151 cm³/mol. The number of nitrogens with zero attached hydrogens (tertiary/aromatic N) is 3. The van der Waals surface area contributed by atoms with Crippen molar-refractivity contribution >= 4 is 5.91 Å². The van der Waals surface area contributed by atoms with Gasteiger partial charge in [-0.25, -0.2) is 0 Å². The molecule has 5 aliphatic rings. The molecule has 0 aromatic heterocycles. The van der Waals surface area contributed by atoms with Crippen LogP contribution in [-0.4, -0.2) is 84.2 Å². The minimum absolute atomic E-state index is 0.152. The summed E-state index contributed by atoms with van der Waals surface area (Å²) in [5.41, 5.74) is 1.71. The van der Waals surface area contributed by atoms with E-state index < -0.39 is 17.6 Å². The van der Waals surface area contributed by atoms with E-state index in [-0.39, 0.29) is 23.3 Å². The molecule has 2 saturated carbocycles. The third-order valence-electron chi connectivity index (χ3n) is 10.8. The molecule has 7 rings (SSSR count). The molecule has 2 unspecified atom stereocenters. The standard InChI is InChI=1S/C33H36F3N3O3/c1-37(2)25-17-21(25)18-39-15-14-32-23-10-11-24(31(32)42-30-27(40)12-7-20(29(30)32)16-26(23)39)38(3)28(41)13-6-19-4-8-22(9-5-19)33(34,35)36/h4-5,7-9,12,21,23-26,31,40H,10-11,14-18H2,1-3H3/t21?,23-,24+,25?,26+,31-,32-/m0/s1. The van der Waals surface area contributed by atoms with Crippen LogP contribution in [-0.2, 0) is 22.8 Å². The van der Waals surface area contributed by atoms with Gasteiger partial charge in [-0.05, 0) is 100 Å². The largest absolute Gasteiger partial charge is 0.504 e. The zero-order valence-corrected chi connectivity index (χ0v) is 24.1. The smallest absolute Gasteiger partial charge is 0.416 e. The number of carbonyl (C=O) groups excluding carboxylic acids is 1. The Labute approximate surface area is 244 Å². The Morgan fingerprint density at radius 3 is 2.57 bits per heavy atom. The summed E-state index contributed by atoms with van der Waals surface area (Å²) in [6.45, 7) is 2.07. The SMILES string of the molecule is CN(C)C1CC1CN1CC[C@]23c4c5ccc(O)c4O[C@H]2[C@H](N(C)C(=O)C#Cc2ccc(C(F)(F)F)cc2)CC[C@H]3[C@H]1C5. The number of likely N-dealkylation sites (tertiary alicyclic amines) is 1. The maximum Gasteiger partial charge on any atom is 0.416 e. The summed E-state index contributed by atoms with van der Waals surface area (Å²) in [6.07, 6.45) is 0.106. The van der Waals surface area contributed by atoms with Crippen molar-refractivity contribution < 1.29 is 27.8 Å². The van der Waals surface area contributed by atoms with E-state index in [1.807, 2.05) is 0 Å². The molecule has 0 radical (unpaired) electrons. The Morgan fingerprint density at radius 1 is 1.12 bits per heavy atom. The van der Waals surface area contributed by atoms with Crippen LogP contribution in [0.15, 0.2) is 36.4 Å². The lowest BCUT2D eigenvalue weighted by molar-refractivity contribution is -0.137. The Bertz CT molecular complexity index is 1480. The van der Waals surface area contributed by atoms with E-state index in [0.29, 0.717) is 35.2 Å². The molecule has 9 heteroatoms. The number of phenols is 1. The fourth-order valence-electron chi connectivity index (χ4n) is 8.69. The van der Waals surface area contributed by atoms with Crippen LogP contribution < -0.4 is 4.74 Å². The number of hydrogen-bond acceptors (Lipinski definition) is 5. The number of benzene rings is 2. The van der Waals surface area contributed by atoms with E-state index in [1.165, 1.54) is 24.1 Å². The van der Waals surface area contributed by atoms with Crippen LogP contribution in [0.25, 0.3) is 0 Å². The van der Waals surface area contributed by atoms with Crippen LogP contribution >= 0.6 is 0 Å². The molecule has 2 bridgehead atoms. The Kier molecular flexibility index (Phi) is 6.34. The van der Waals surface area contributed by atoms with E-state index in [4.69, 9.17) is 4.74 Å². The lowest BCUT2D eigenvalue weighted by atomic mass is 9.51. The number of alkyl halides is 3. The molecule has 2 aromatic carbocycles. The highest BCUT2D eigenvalue weighted by Crippen LogP contribution is 2.64. The van der Waals surface area contributed by atoms with E-state index in [1.54, 1.807) is 18.0 Å². The Balaban J connectivity index is 1.15. The molecule has 42 heavy (non-hydrogen) atoms. The van der Waals surface area contributed by atoms with Gasteiger partial charge in [0.25, 0.3) is 5.91 Å². The van der Waals surface area contributed by atoms with Gasteiger partial charge in [-0.1, -0.05) is 12.0 Å². The van der Waals surface area contributed by atoms with Crippen molar-refractivity contribution in [3.63, 3.8) is 0 Å². The number of ether oxygens (including phenoxy) is 1. The Hall–Kier alpha value is -3.22. The maximum atomic E-state index is 13.3. The van der Waals surface area contributed by atoms with Crippen molar-refractivity contribution in [3.8, 4) is 23.3 Å². The minimum atomic E-state index is -4.42. The van der Waals surface area contributed by atoms with Crippen LogP contribution in [0.2, 0.25) is 0 Å². The number of rotatable bonds is 4. The summed E-state index contributed by atoms with van der Waals surface area (Å²) in [5, 5.41) is 10.9. The van der Waals surface area contributed by atoms with Crippen LogP contribution in [0.3, 0.4) is 0 Å². The van der Waals surface area contributed by atoms with Crippen LogP contribution in [0, 0.1) is 23.7 Å². The van der Waals surface area contributed by atoms with Gasteiger partial charge in [0.15, 0.2) is 11.5 Å². The van der Waals surface area contributed by atoms with Gasteiger partial charge in [0.05, 0.1) is 11.6 Å². The van der Waals surface area contributed by atoms with Crippen LogP contribution in [0.5, 0.6) is 11.5 Å². The van der Waals surface area contributed by atoms with Crippen molar-refractivity contribution in [2.24, 2.45) is 11.8 Å². The second-order valence-electron chi connectivity index (χ2n) is 13.1. The second-order valence-corrected chi connectivity index (χ2v) is 13.1. The fraction of sp³-hybridized carbons (Fsp3) is 0.545. The molecule has 7 atom stereocenters. The zero-order chi connectivity index (χ0) is 29.6. The number of carbonyl (C=O) groups is 1. The maximum absolute atomic E-state index is 13.3. The van der Waals surface area contributed by atoms with Gasteiger partial charge in [-0.15, -0.1) is 0 Å². The Morgan fingerprint density at radius 2 is 1.88 bits per heavy atom. The molecule has 3 aliphatic carbocycles. The molecule has 2 heterocycles. The molecule has 2 aromatic rings. The molecule has 1 saturated heterocycles. The van der Waals surface area contributed by atoms with Crippen molar-refractivity contribution in [1.29, 1.82) is 0 Å². The van der Waals surface area contributed by atoms with E-state index in [0.717, 1.165) is 56.5 Å². The zero-order valence-electron chi connectivity index (χ0n) is 24.1. The highest BCUT2D eigenvalue weighted by molar-refractivity contribution is 5.94. The van der Waals surface area contributed by atoms with E-state index in [2.05, 4.69) is 41.8 Å². The lowest BCUT2D eigenvalue weighted by Gasteiger charge is -2.60. The van der Waals surface area contributed by atoms with E-state index in [9.17, 15) is 23.1 Å². The van der Waals surface area contributed by atoms with Crippen molar-refractivity contribution in [1.82, 2.24) is 14.7 Å². The molecule has 222 valence electrons. The summed E-state index contributed by atoms with van der Waals surface area (Å²) in [5.74, 6) is 6.79. The highest BCUT2D eigenvalue weighted by atomic mass is 19.4. The van der Waals surface area contributed by atoms with Gasteiger partial charge in [0.2, 0.25) is 0 Å². The normalized spacial score (nSPS) is 32.5. The van der Waals surface area contributed by atoms with Gasteiger partial charge >= 0.3 is 6.18 Å². The third-order valence-corrected chi connectivity index (χ3v) is 10.8. The summed E-state index contributed by atoms with van der Waals surface area (Å²) in [7, 11) is 6.06. The average molecular weight is 580 g/mol. The molecular weight excluding hydrogens is 543 g/mol. The van der Waals surface area contributed by atoms with Gasteiger partial charge in [-0.2, -0.15) is 13.2 Å². The monoisotopic (exact) mass is 579 g/mol. The summed E-state index contributed by atoms with van der Waals surface area (Å²) >= 11 is 0. The molecule has 1 N–H and O–H groups in total.